The van der Waals surface area contributed by atoms with E-state index in [0.29, 0.717) is 49.4 Å². The number of aliphatic hydroxyl groups excluding tert-OH is 1. The van der Waals surface area contributed by atoms with Crippen LogP contribution in [0.3, 0.4) is 0 Å². The van der Waals surface area contributed by atoms with Gasteiger partial charge in [0, 0.05) is 63.3 Å². The van der Waals surface area contributed by atoms with Gasteiger partial charge in [0.15, 0.2) is 0 Å². The molecule has 2 aromatic carbocycles. The summed E-state index contributed by atoms with van der Waals surface area (Å²) in [5.74, 6) is -1.40. The van der Waals surface area contributed by atoms with Crippen LogP contribution in [0.15, 0.2) is 72.1 Å². The molecule has 41 heavy (non-hydrogen) atoms. The van der Waals surface area contributed by atoms with Gasteiger partial charge in [-0.05, 0) is 54.9 Å². The second kappa shape index (κ2) is 11.7. The minimum atomic E-state index is -4.76. The van der Waals surface area contributed by atoms with Crippen molar-refractivity contribution in [3.8, 4) is 11.1 Å². The van der Waals surface area contributed by atoms with Gasteiger partial charge < -0.3 is 25.5 Å². The lowest BCUT2D eigenvalue weighted by Crippen LogP contribution is -2.44. The number of dihydropyridines is 1. The summed E-state index contributed by atoms with van der Waals surface area (Å²) in [6.45, 7) is 8.21. The van der Waals surface area contributed by atoms with Gasteiger partial charge in [-0.2, -0.15) is 13.2 Å². The third-order valence-electron chi connectivity index (χ3n) is 7.64. The summed E-state index contributed by atoms with van der Waals surface area (Å²) >= 11 is 0. The van der Waals surface area contributed by atoms with Crippen molar-refractivity contribution in [2.24, 2.45) is 0 Å². The molecule has 1 atom stereocenters. The zero-order valence-electron chi connectivity index (χ0n) is 22.8. The lowest BCUT2D eigenvalue weighted by Gasteiger charge is -2.35. The van der Waals surface area contributed by atoms with E-state index >= 15 is 4.39 Å². The van der Waals surface area contributed by atoms with Crippen molar-refractivity contribution < 1.29 is 27.5 Å². The third kappa shape index (κ3) is 6.64. The van der Waals surface area contributed by atoms with Gasteiger partial charge in [0.1, 0.15) is 5.82 Å². The number of alkyl halides is 3. The van der Waals surface area contributed by atoms with Gasteiger partial charge >= 0.3 is 6.18 Å². The Balaban J connectivity index is 1.48. The molecule has 3 heterocycles. The minimum absolute atomic E-state index is 0.0211. The maximum atomic E-state index is 15.1. The third-order valence-corrected chi connectivity index (χ3v) is 7.64. The second-order valence-electron chi connectivity index (χ2n) is 10.8. The standard InChI is InChI=1S/C30H33F4N5O2/c1-19-13-25(30(32,33)34)24(16-35-19)29(41)36-27-15-21(4-6-28(27)39-11-9-37(2)10-12-39)23-14-20(3-5-26(23)31)17-38-8-7-22(40)18-38/h3-6,13-16,22,35,40H,1,7-12,17-18H2,2H3,(H,36,41)/t22-/m0/s1. The van der Waals surface area contributed by atoms with Crippen molar-refractivity contribution >= 4 is 17.3 Å². The molecule has 0 aromatic heterocycles. The summed E-state index contributed by atoms with van der Waals surface area (Å²) in [5, 5.41) is 15.1. The van der Waals surface area contributed by atoms with E-state index in [1.54, 1.807) is 30.3 Å². The van der Waals surface area contributed by atoms with Crippen LogP contribution >= 0.6 is 0 Å². The molecule has 0 bridgehead atoms. The number of rotatable bonds is 6. The highest BCUT2D eigenvalue weighted by molar-refractivity contribution is 6.09. The maximum Gasteiger partial charge on any atom is 0.417 e. The van der Waals surface area contributed by atoms with Crippen LogP contribution in [-0.2, 0) is 11.3 Å². The van der Waals surface area contributed by atoms with E-state index in [4.69, 9.17) is 0 Å². The molecule has 0 aliphatic carbocycles. The van der Waals surface area contributed by atoms with E-state index in [1.165, 1.54) is 6.07 Å². The van der Waals surface area contributed by atoms with E-state index < -0.39 is 29.0 Å². The Morgan fingerprint density at radius 1 is 1.12 bits per heavy atom. The number of hydrogen-bond donors (Lipinski definition) is 3. The Kier molecular flexibility index (Phi) is 8.21. The van der Waals surface area contributed by atoms with Crippen LogP contribution in [0.4, 0.5) is 28.9 Å². The van der Waals surface area contributed by atoms with Crippen molar-refractivity contribution in [3.05, 3.63) is 83.5 Å². The highest BCUT2D eigenvalue weighted by Crippen LogP contribution is 2.37. The zero-order valence-corrected chi connectivity index (χ0v) is 22.8. The van der Waals surface area contributed by atoms with Crippen LogP contribution in [0.2, 0.25) is 0 Å². The summed E-state index contributed by atoms with van der Waals surface area (Å²) in [7, 11) is 2.00. The van der Waals surface area contributed by atoms with Crippen molar-refractivity contribution in [1.82, 2.24) is 15.1 Å². The van der Waals surface area contributed by atoms with Gasteiger partial charge in [0.05, 0.1) is 28.6 Å². The maximum absolute atomic E-state index is 15.1. The van der Waals surface area contributed by atoms with E-state index in [9.17, 15) is 23.1 Å². The fraction of sp³-hybridized carbons (Fsp3) is 0.367. The molecule has 3 N–H and O–H groups in total. The largest absolute Gasteiger partial charge is 0.417 e. The molecule has 0 spiro atoms. The number of benzene rings is 2. The minimum Gasteiger partial charge on any atom is -0.392 e. The van der Waals surface area contributed by atoms with Crippen LogP contribution in [0.1, 0.15) is 12.0 Å². The Labute approximate surface area is 236 Å². The molecular formula is C30H33F4N5O2. The Morgan fingerprint density at radius 3 is 2.56 bits per heavy atom. The monoisotopic (exact) mass is 571 g/mol. The number of nitrogens with one attached hydrogen (secondary N) is 2. The number of hydrogen-bond acceptors (Lipinski definition) is 6. The van der Waals surface area contributed by atoms with E-state index in [1.807, 2.05) is 7.05 Å². The number of likely N-dealkylation sites (tertiary alicyclic amines) is 1. The lowest BCUT2D eigenvalue weighted by molar-refractivity contribution is -0.115. The number of allylic oxidation sites excluding steroid dienone is 1. The topological polar surface area (TPSA) is 71.1 Å². The molecule has 1 amide bonds. The molecule has 218 valence electrons. The van der Waals surface area contributed by atoms with Crippen LogP contribution in [0.5, 0.6) is 0 Å². The second-order valence-corrected chi connectivity index (χ2v) is 10.8. The summed E-state index contributed by atoms with van der Waals surface area (Å²) in [4.78, 5) is 19.6. The highest BCUT2D eigenvalue weighted by Gasteiger charge is 2.40. The Morgan fingerprint density at radius 2 is 1.88 bits per heavy atom. The van der Waals surface area contributed by atoms with Gasteiger partial charge in [-0.15, -0.1) is 0 Å². The molecule has 0 saturated carbocycles. The van der Waals surface area contributed by atoms with Crippen molar-refractivity contribution in [3.63, 3.8) is 0 Å². The molecule has 0 unspecified atom stereocenters. The lowest BCUT2D eigenvalue weighted by atomic mass is 9.99. The van der Waals surface area contributed by atoms with E-state index in [0.717, 1.165) is 37.5 Å². The molecule has 5 rings (SSSR count). The van der Waals surface area contributed by atoms with Crippen LogP contribution in [0, 0.1) is 5.82 Å². The number of aliphatic hydroxyl groups is 1. The smallest absolute Gasteiger partial charge is 0.392 e. The van der Waals surface area contributed by atoms with Crippen LogP contribution in [0.25, 0.3) is 11.1 Å². The molecule has 3 aliphatic rings. The van der Waals surface area contributed by atoms with Crippen LogP contribution < -0.4 is 15.5 Å². The van der Waals surface area contributed by atoms with E-state index in [2.05, 4.69) is 31.9 Å². The number of likely N-dealkylation sites (N-methyl/N-ethyl adjacent to an activating group) is 1. The fourth-order valence-corrected chi connectivity index (χ4v) is 5.38. The SMILES string of the molecule is C=C1C=C(C(F)(F)F)C(C(=O)Nc2cc(-c3cc(CN4CC[C@H](O)C4)ccc3F)ccc2N2CCN(C)CC2)=CN1. The molecule has 0 radical (unpaired) electrons. The van der Waals surface area contributed by atoms with Gasteiger partial charge in [-0.1, -0.05) is 18.7 Å². The summed E-state index contributed by atoms with van der Waals surface area (Å²) in [6.07, 6.45) is -2.64. The van der Waals surface area contributed by atoms with Crippen LogP contribution in [-0.4, -0.2) is 79.4 Å². The number of nitrogens with zero attached hydrogens (tertiary/aromatic N) is 3. The van der Waals surface area contributed by atoms with Gasteiger partial charge in [-0.25, -0.2) is 4.39 Å². The Hall–Kier alpha value is -3.67. The van der Waals surface area contributed by atoms with Crippen molar-refractivity contribution in [2.45, 2.75) is 25.2 Å². The number of halogens is 4. The number of carbonyl (C=O) groups excluding carboxylic acids is 1. The number of piperazine rings is 1. The molecule has 2 fully saturated rings. The molecule has 3 aliphatic heterocycles. The Bertz CT molecular complexity index is 1400. The van der Waals surface area contributed by atoms with Gasteiger partial charge in [-0.3, -0.25) is 9.69 Å². The first-order valence-electron chi connectivity index (χ1n) is 13.5. The first-order valence-corrected chi connectivity index (χ1v) is 13.5. The average molecular weight is 572 g/mol. The highest BCUT2D eigenvalue weighted by atomic mass is 19.4. The summed E-state index contributed by atoms with van der Waals surface area (Å²) < 4.78 is 56.4. The molecule has 11 heteroatoms. The number of β-amino-alcohol motifs (C(OH)–C–C–N with tert-alkyl or cyclic N) is 1. The first kappa shape index (κ1) is 28.8. The van der Waals surface area contributed by atoms with Crippen molar-refractivity contribution in [1.29, 1.82) is 0 Å². The summed E-state index contributed by atoms with van der Waals surface area (Å²) in [6, 6.07) is 9.97. The normalized spacial score (nSPS) is 20.5. The number of anilines is 2. The predicted molar refractivity (Wildman–Crippen MR) is 151 cm³/mol. The summed E-state index contributed by atoms with van der Waals surface area (Å²) in [5.41, 5.74) is 0.946. The van der Waals surface area contributed by atoms with Gasteiger partial charge in [0.2, 0.25) is 0 Å². The van der Waals surface area contributed by atoms with E-state index in [-0.39, 0.29) is 17.5 Å². The molecule has 7 nitrogen and oxygen atoms in total. The average Bonchev–Trinajstić information content (AvgIpc) is 3.34. The molecule has 2 aromatic rings. The number of amides is 1. The zero-order chi connectivity index (χ0) is 29.3. The quantitative estimate of drug-likeness (QED) is 0.451. The number of carbonyl (C=O) groups is 1. The predicted octanol–water partition coefficient (Wildman–Crippen LogP) is 4.24. The molecule has 2 saturated heterocycles. The van der Waals surface area contributed by atoms with Gasteiger partial charge in [0.25, 0.3) is 5.91 Å². The van der Waals surface area contributed by atoms with Crippen molar-refractivity contribution in [2.75, 3.05) is 56.5 Å². The fourth-order valence-electron chi connectivity index (χ4n) is 5.38. The molecular weight excluding hydrogens is 538 g/mol. The first-order chi connectivity index (χ1) is 19.5.